The zero-order valence-electron chi connectivity index (χ0n) is 15.4. The zero-order chi connectivity index (χ0) is 20.1. The number of benzene rings is 2. The van der Waals surface area contributed by atoms with Crippen molar-refractivity contribution in [2.45, 2.75) is 19.3 Å². The van der Waals surface area contributed by atoms with Crippen LogP contribution in [0, 0.1) is 0 Å². The van der Waals surface area contributed by atoms with Gasteiger partial charge in [-0.1, -0.05) is 33.6 Å². The first-order valence-corrected chi connectivity index (χ1v) is 10.6. The highest BCUT2D eigenvalue weighted by Gasteiger charge is 2.19. The number of rotatable bonds is 4. The second-order valence-electron chi connectivity index (χ2n) is 6.44. The highest BCUT2D eigenvalue weighted by molar-refractivity contribution is 9.10. The van der Waals surface area contributed by atoms with Crippen LogP contribution >= 0.6 is 39.7 Å². The summed E-state index contributed by atoms with van der Waals surface area (Å²) >= 11 is 15.2. The van der Waals surface area contributed by atoms with Crippen molar-refractivity contribution < 1.29 is 9.53 Å². The molecule has 3 rings (SSSR count). The first-order chi connectivity index (χ1) is 13.5. The summed E-state index contributed by atoms with van der Waals surface area (Å²) in [6.45, 7) is 1.90. The summed E-state index contributed by atoms with van der Waals surface area (Å²) in [6, 6.07) is 10.9. The van der Waals surface area contributed by atoms with Crippen LogP contribution in [0.4, 0.5) is 11.4 Å². The van der Waals surface area contributed by atoms with Gasteiger partial charge in [-0.15, -0.1) is 0 Å². The molecular formula is C20H21BrClN3O2S. The second-order valence-corrected chi connectivity index (χ2v) is 8.17. The van der Waals surface area contributed by atoms with Crippen molar-refractivity contribution in [3.05, 3.63) is 51.5 Å². The number of carbonyl (C=O) groups excluding carboxylic acids is 1. The van der Waals surface area contributed by atoms with Crippen LogP contribution in [-0.4, -0.2) is 31.2 Å². The molecule has 1 heterocycles. The van der Waals surface area contributed by atoms with Crippen molar-refractivity contribution in [1.29, 1.82) is 0 Å². The largest absolute Gasteiger partial charge is 0.496 e. The van der Waals surface area contributed by atoms with Crippen molar-refractivity contribution in [2.24, 2.45) is 0 Å². The van der Waals surface area contributed by atoms with Gasteiger partial charge in [0.05, 0.1) is 29.1 Å². The fourth-order valence-corrected chi connectivity index (χ4v) is 4.09. The van der Waals surface area contributed by atoms with E-state index in [-0.39, 0.29) is 11.0 Å². The highest BCUT2D eigenvalue weighted by Crippen LogP contribution is 2.35. The van der Waals surface area contributed by atoms with Gasteiger partial charge in [-0.3, -0.25) is 10.1 Å². The van der Waals surface area contributed by atoms with E-state index < -0.39 is 0 Å². The van der Waals surface area contributed by atoms with E-state index in [0.29, 0.717) is 16.3 Å². The zero-order valence-corrected chi connectivity index (χ0v) is 18.6. The molecule has 0 saturated carbocycles. The van der Waals surface area contributed by atoms with Crippen LogP contribution in [0.15, 0.2) is 40.9 Å². The number of anilines is 2. The number of nitrogens with zero attached hydrogens (tertiary/aromatic N) is 1. The maximum Gasteiger partial charge on any atom is 0.261 e. The lowest BCUT2D eigenvalue weighted by Gasteiger charge is -2.31. The molecule has 1 saturated heterocycles. The molecule has 8 heteroatoms. The predicted molar refractivity (Wildman–Crippen MR) is 122 cm³/mol. The van der Waals surface area contributed by atoms with Gasteiger partial charge in [-0.25, -0.2) is 0 Å². The van der Waals surface area contributed by atoms with Gasteiger partial charge in [0.15, 0.2) is 5.11 Å². The van der Waals surface area contributed by atoms with Crippen molar-refractivity contribution in [3.63, 3.8) is 0 Å². The number of para-hydroxylation sites is 1. The molecule has 0 unspecified atom stereocenters. The van der Waals surface area contributed by atoms with Gasteiger partial charge in [-0.2, -0.15) is 0 Å². The Morgan fingerprint density at radius 1 is 1.21 bits per heavy atom. The minimum Gasteiger partial charge on any atom is -0.496 e. The summed E-state index contributed by atoms with van der Waals surface area (Å²) in [5.41, 5.74) is 2.09. The molecule has 0 bridgehead atoms. The van der Waals surface area contributed by atoms with Crippen molar-refractivity contribution in [3.8, 4) is 5.75 Å². The molecule has 28 heavy (non-hydrogen) atoms. The molecule has 0 radical (unpaired) electrons. The van der Waals surface area contributed by atoms with Gasteiger partial charge < -0.3 is 15.0 Å². The summed E-state index contributed by atoms with van der Waals surface area (Å²) in [6.07, 6.45) is 3.50. The van der Waals surface area contributed by atoms with Gasteiger partial charge >= 0.3 is 0 Å². The standard InChI is InChI=1S/C20H21BrClN3O2S/c1-27-17-9-8-13(21)12-14(17)19(26)24-20(28)23-16-7-5-6-15(22)18(16)25-10-3-2-4-11-25/h5-9,12H,2-4,10-11H2,1H3,(H2,23,24,26,28). The number of hydrogen-bond acceptors (Lipinski definition) is 4. The number of piperidine rings is 1. The van der Waals surface area contributed by atoms with E-state index in [9.17, 15) is 4.79 Å². The Morgan fingerprint density at radius 3 is 2.68 bits per heavy atom. The smallest absolute Gasteiger partial charge is 0.261 e. The molecule has 148 valence electrons. The van der Waals surface area contributed by atoms with Crippen LogP contribution in [-0.2, 0) is 0 Å². The van der Waals surface area contributed by atoms with Crippen molar-refractivity contribution in [2.75, 3.05) is 30.4 Å². The Hall–Kier alpha value is -1.83. The van der Waals surface area contributed by atoms with Crippen molar-refractivity contribution >= 4 is 62.1 Å². The number of amides is 1. The molecule has 0 aliphatic carbocycles. The van der Waals surface area contributed by atoms with E-state index in [4.69, 9.17) is 28.6 Å². The quantitative estimate of drug-likeness (QED) is 0.585. The molecule has 0 aromatic heterocycles. The first kappa shape index (κ1) is 20.9. The number of halogens is 2. The van der Waals surface area contributed by atoms with Crippen molar-refractivity contribution in [1.82, 2.24) is 5.32 Å². The highest BCUT2D eigenvalue weighted by atomic mass is 79.9. The SMILES string of the molecule is COc1ccc(Br)cc1C(=O)NC(=S)Nc1cccc(Cl)c1N1CCCCC1. The van der Waals surface area contributed by atoms with E-state index >= 15 is 0 Å². The summed E-state index contributed by atoms with van der Waals surface area (Å²) in [7, 11) is 1.52. The molecule has 0 atom stereocenters. The van der Waals surface area contributed by atoms with E-state index in [1.807, 2.05) is 24.3 Å². The van der Waals surface area contributed by atoms with Crippen LogP contribution in [0.3, 0.4) is 0 Å². The average Bonchev–Trinajstić information content (AvgIpc) is 2.68. The summed E-state index contributed by atoms with van der Waals surface area (Å²) < 4.78 is 6.04. The number of carbonyl (C=O) groups is 1. The Labute approximate surface area is 183 Å². The molecule has 0 spiro atoms. The van der Waals surface area contributed by atoms with E-state index in [1.165, 1.54) is 13.5 Å². The number of thiocarbonyl (C=S) groups is 1. The lowest BCUT2D eigenvalue weighted by atomic mass is 10.1. The third-order valence-corrected chi connectivity index (χ3v) is 5.54. The fraction of sp³-hybridized carbons (Fsp3) is 0.300. The normalized spacial score (nSPS) is 13.8. The molecule has 1 amide bonds. The summed E-state index contributed by atoms with van der Waals surface area (Å²) in [5.74, 6) is 0.123. The van der Waals surface area contributed by atoms with E-state index in [1.54, 1.807) is 12.1 Å². The fourth-order valence-electron chi connectivity index (χ4n) is 3.24. The molecule has 2 aromatic carbocycles. The molecule has 2 aromatic rings. The number of methoxy groups -OCH3 is 1. The number of nitrogens with one attached hydrogen (secondary N) is 2. The molecule has 5 nitrogen and oxygen atoms in total. The van der Waals surface area contributed by atoms with Crippen LogP contribution in [0.2, 0.25) is 5.02 Å². The lowest BCUT2D eigenvalue weighted by Crippen LogP contribution is -2.35. The average molecular weight is 483 g/mol. The minimum atomic E-state index is -0.350. The first-order valence-electron chi connectivity index (χ1n) is 8.99. The topological polar surface area (TPSA) is 53.6 Å². The monoisotopic (exact) mass is 481 g/mol. The molecule has 1 fully saturated rings. The predicted octanol–water partition coefficient (Wildman–Crippen LogP) is 5.23. The van der Waals surface area contributed by atoms with Crippen LogP contribution in [0.1, 0.15) is 29.6 Å². The Balaban J connectivity index is 1.76. The van der Waals surface area contributed by atoms with E-state index in [2.05, 4.69) is 31.5 Å². The van der Waals surface area contributed by atoms with Crippen LogP contribution < -0.4 is 20.3 Å². The third kappa shape index (κ3) is 4.96. The van der Waals surface area contributed by atoms with Crippen LogP contribution in [0.25, 0.3) is 0 Å². The Kier molecular flexibility index (Phi) is 7.15. The lowest BCUT2D eigenvalue weighted by molar-refractivity contribution is 0.0974. The van der Waals surface area contributed by atoms with Gasteiger partial charge in [0, 0.05) is 17.6 Å². The van der Waals surface area contributed by atoms with Gasteiger partial charge in [0.25, 0.3) is 5.91 Å². The maximum absolute atomic E-state index is 12.7. The summed E-state index contributed by atoms with van der Waals surface area (Å²) in [4.78, 5) is 14.9. The molecule has 2 N–H and O–H groups in total. The number of ether oxygens (including phenoxy) is 1. The molecule has 1 aliphatic heterocycles. The second kappa shape index (κ2) is 9.58. The van der Waals surface area contributed by atoms with Gasteiger partial charge in [-0.05, 0) is 61.8 Å². The molecule has 1 aliphatic rings. The van der Waals surface area contributed by atoms with Gasteiger partial charge in [0.1, 0.15) is 5.75 Å². The third-order valence-electron chi connectivity index (χ3n) is 4.54. The van der Waals surface area contributed by atoms with Gasteiger partial charge in [0.2, 0.25) is 0 Å². The Morgan fingerprint density at radius 2 is 1.96 bits per heavy atom. The van der Waals surface area contributed by atoms with E-state index in [0.717, 1.165) is 41.8 Å². The summed E-state index contributed by atoms with van der Waals surface area (Å²) in [5, 5.41) is 6.70. The number of hydrogen-bond donors (Lipinski definition) is 2. The maximum atomic E-state index is 12.7. The minimum absolute atomic E-state index is 0.201. The van der Waals surface area contributed by atoms with Crippen LogP contribution in [0.5, 0.6) is 5.75 Å². The molecular weight excluding hydrogens is 462 g/mol. The Bertz CT molecular complexity index is 888.